The lowest BCUT2D eigenvalue weighted by atomic mass is 10.1. The molecule has 2 fully saturated rings. The number of fused-ring (bicyclic) bond motifs is 2. The summed E-state index contributed by atoms with van der Waals surface area (Å²) >= 11 is 0. The second-order valence-corrected chi connectivity index (χ2v) is 5.75. The van der Waals surface area contributed by atoms with Gasteiger partial charge in [0.05, 0.1) is 0 Å². The van der Waals surface area contributed by atoms with Gasteiger partial charge in [0.2, 0.25) is 5.91 Å². The SMILES string of the molecule is O=C1C[C@H]2NCC[C@H]2N1C1Cc2ccccc2C1. The van der Waals surface area contributed by atoms with Crippen LogP contribution in [-0.4, -0.2) is 35.5 Å². The fourth-order valence-electron chi connectivity index (χ4n) is 3.98. The van der Waals surface area contributed by atoms with E-state index in [-0.39, 0.29) is 0 Å². The topological polar surface area (TPSA) is 32.3 Å². The van der Waals surface area contributed by atoms with E-state index in [1.165, 1.54) is 11.1 Å². The van der Waals surface area contributed by atoms with Crippen molar-refractivity contribution in [2.45, 2.75) is 43.8 Å². The molecule has 1 aromatic rings. The molecule has 3 aliphatic rings. The molecule has 2 saturated heterocycles. The third kappa shape index (κ3) is 1.43. The van der Waals surface area contributed by atoms with Gasteiger partial charge in [0.15, 0.2) is 0 Å². The summed E-state index contributed by atoms with van der Waals surface area (Å²) in [5.74, 6) is 0.356. The van der Waals surface area contributed by atoms with Gasteiger partial charge in [-0.25, -0.2) is 0 Å². The standard InChI is InChI=1S/C15H18N2O/c18-15-9-13-14(5-6-16-13)17(15)12-7-10-3-1-2-4-11(10)8-12/h1-4,12-14,16H,5-9H2/t13-,14-/m1/s1. The zero-order chi connectivity index (χ0) is 12.1. The molecule has 0 aromatic heterocycles. The van der Waals surface area contributed by atoms with E-state index < -0.39 is 0 Å². The second-order valence-electron chi connectivity index (χ2n) is 5.75. The van der Waals surface area contributed by atoms with Crippen molar-refractivity contribution in [3.05, 3.63) is 35.4 Å². The first kappa shape index (κ1) is 10.6. The maximum atomic E-state index is 12.2. The number of hydrogen-bond donors (Lipinski definition) is 1. The van der Waals surface area contributed by atoms with Crippen LogP contribution < -0.4 is 5.32 Å². The van der Waals surface area contributed by atoms with E-state index >= 15 is 0 Å². The Bertz CT molecular complexity index is 474. The molecular formula is C15H18N2O. The van der Waals surface area contributed by atoms with Crippen LogP contribution in [-0.2, 0) is 17.6 Å². The Kier molecular flexibility index (Phi) is 2.24. The minimum absolute atomic E-state index is 0.356. The molecule has 18 heavy (non-hydrogen) atoms. The lowest BCUT2D eigenvalue weighted by Crippen LogP contribution is -2.44. The van der Waals surface area contributed by atoms with Crippen LogP contribution in [0.3, 0.4) is 0 Å². The molecule has 0 radical (unpaired) electrons. The largest absolute Gasteiger partial charge is 0.334 e. The Hall–Kier alpha value is -1.35. The molecule has 1 amide bonds. The number of nitrogens with zero attached hydrogens (tertiary/aromatic N) is 1. The molecule has 4 rings (SSSR count). The predicted molar refractivity (Wildman–Crippen MR) is 69.3 cm³/mol. The van der Waals surface area contributed by atoms with Gasteiger partial charge in [0.1, 0.15) is 0 Å². The number of benzene rings is 1. The van der Waals surface area contributed by atoms with Crippen LogP contribution in [0.25, 0.3) is 0 Å². The predicted octanol–water partition coefficient (Wildman–Crippen LogP) is 1.12. The normalized spacial score (nSPS) is 30.9. The number of carbonyl (C=O) groups is 1. The van der Waals surface area contributed by atoms with E-state index in [2.05, 4.69) is 34.5 Å². The molecule has 94 valence electrons. The van der Waals surface area contributed by atoms with Gasteiger partial charge in [0, 0.05) is 24.5 Å². The first-order valence-electron chi connectivity index (χ1n) is 6.94. The summed E-state index contributed by atoms with van der Waals surface area (Å²) in [6.07, 6.45) is 3.93. The van der Waals surface area contributed by atoms with E-state index in [0.717, 1.165) is 25.8 Å². The zero-order valence-corrected chi connectivity index (χ0v) is 10.4. The second kappa shape index (κ2) is 3.82. The monoisotopic (exact) mass is 242 g/mol. The molecule has 2 heterocycles. The Morgan fingerprint density at radius 1 is 1.11 bits per heavy atom. The minimum atomic E-state index is 0.356. The van der Waals surface area contributed by atoms with Gasteiger partial charge in [-0.3, -0.25) is 4.79 Å². The van der Waals surface area contributed by atoms with Crippen LogP contribution in [0.2, 0.25) is 0 Å². The summed E-state index contributed by atoms with van der Waals surface area (Å²) in [7, 11) is 0. The summed E-state index contributed by atoms with van der Waals surface area (Å²) in [6, 6.07) is 9.91. The molecule has 1 N–H and O–H groups in total. The number of nitrogens with one attached hydrogen (secondary N) is 1. The van der Waals surface area contributed by atoms with Crippen molar-refractivity contribution in [1.82, 2.24) is 10.2 Å². The third-order valence-electron chi connectivity index (χ3n) is 4.77. The van der Waals surface area contributed by atoms with E-state index in [1.54, 1.807) is 0 Å². The van der Waals surface area contributed by atoms with Crippen LogP contribution in [0.1, 0.15) is 24.0 Å². The molecule has 0 bridgehead atoms. The van der Waals surface area contributed by atoms with Crippen molar-refractivity contribution in [2.24, 2.45) is 0 Å². The molecule has 0 unspecified atom stereocenters. The molecular weight excluding hydrogens is 224 g/mol. The number of carbonyl (C=O) groups excluding carboxylic acids is 1. The van der Waals surface area contributed by atoms with E-state index in [0.29, 0.717) is 30.5 Å². The first-order chi connectivity index (χ1) is 8.83. The highest BCUT2D eigenvalue weighted by molar-refractivity contribution is 5.81. The van der Waals surface area contributed by atoms with Gasteiger partial charge in [0.25, 0.3) is 0 Å². The third-order valence-corrected chi connectivity index (χ3v) is 4.77. The van der Waals surface area contributed by atoms with Crippen molar-refractivity contribution in [2.75, 3.05) is 6.54 Å². The molecule has 3 nitrogen and oxygen atoms in total. The number of amides is 1. The van der Waals surface area contributed by atoms with Crippen molar-refractivity contribution in [3.63, 3.8) is 0 Å². The van der Waals surface area contributed by atoms with Crippen LogP contribution in [0.4, 0.5) is 0 Å². The van der Waals surface area contributed by atoms with E-state index in [9.17, 15) is 4.79 Å². The Morgan fingerprint density at radius 2 is 1.83 bits per heavy atom. The van der Waals surface area contributed by atoms with Gasteiger partial charge in [-0.15, -0.1) is 0 Å². The van der Waals surface area contributed by atoms with E-state index in [1.807, 2.05) is 0 Å². The molecule has 3 heteroatoms. The Morgan fingerprint density at radius 3 is 2.56 bits per heavy atom. The van der Waals surface area contributed by atoms with Crippen molar-refractivity contribution in [1.29, 1.82) is 0 Å². The summed E-state index contributed by atoms with van der Waals surface area (Å²) < 4.78 is 0. The van der Waals surface area contributed by atoms with Crippen LogP contribution in [0, 0.1) is 0 Å². The summed E-state index contributed by atoms with van der Waals surface area (Å²) in [4.78, 5) is 14.4. The van der Waals surface area contributed by atoms with Gasteiger partial charge in [-0.2, -0.15) is 0 Å². The van der Waals surface area contributed by atoms with Crippen molar-refractivity contribution in [3.8, 4) is 0 Å². The molecule has 0 spiro atoms. The molecule has 1 aliphatic carbocycles. The van der Waals surface area contributed by atoms with Crippen molar-refractivity contribution < 1.29 is 4.79 Å². The van der Waals surface area contributed by atoms with Gasteiger partial charge < -0.3 is 10.2 Å². The molecule has 2 aliphatic heterocycles. The Labute approximate surface area is 107 Å². The Balaban J connectivity index is 1.60. The average molecular weight is 242 g/mol. The summed E-state index contributed by atoms with van der Waals surface area (Å²) in [5.41, 5.74) is 2.87. The van der Waals surface area contributed by atoms with Crippen molar-refractivity contribution >= 4 is 5.91 Å². The van der Waals surface area contributed by atoms with Gasteiger partial charge >= 0.3 is 0 Å². The van der Waals surface area contributed by atoms with Crippen LogP contribution >= 0.6 is 0 Å². The highest BCUT2D eigenvalue weighted by atomic mass is 16.2. The van der Waals surface area contributed by atoms with Crippen LogP contribution in [0.15, 0.2) is 24.3 Å². The van der Waals surface area contributed by atoms with Gasteiger partial charge in [-0.1, -0.05) is 24.3 Å². The maximum absolute atomic E-state index is 12.2. The fourth-order valence-corrected chi connectivity index (χ4v) is 3.98. The van der Waals surface area contributed by atoms with Crippen LogP contribution in [0.5, 0.6) is 0 Å². The molecule has 0 saturated carbocycles. The first-order valence-corrected chi connectivity index (χ1v) is 6.94. The summed E-state index contributed by atoms with van der Waals surface area (Å²) in [5, 5.41) is 3.46. The molecule has 1 aromatic carbocycles. The lowest BCUT2D eigenvalue weighted by Gasteiger charge is -2.29. The van der Waals surface area contributed by atoms with E-state index in [4.69, 9.17) is 0 Å². The number of hydrogen-bond acceptors (Lipinski definition) is 2. The minimum Gasteiger partial charge on any atom is -0.334 e. The maximum Gasteiger partial charge on any atom is 0.224 e. The zero-order valence-electron chi connectivity index (χ0n) is 10.4. The average Bonchev–Trinajstić information content (AvgIpc) is 3.00. The molecule has 2 atom stereocenters. The number of rotatable bonds is 1. The van der Waals surface area contributed by atoms with Gasteiger partial charge in [-0.05, 0) is 36.9 Å². The number of likely N-dealkylation sites (tertiary alicyclic amines) is 1. The summed E-state index contributed by atoms with van der Waals surface area (Å²) in [6.45, 7) is 1.07. The quantitative estimate of drug-likeness (QED) is 0.800. The fraction of sp³-hybridized carbons (Fsp3) is 0.533. The highest BCUT2D eigenvalue weighted by Crippen LogP contribution is 2.34. The smallest absolute Gasteiger partial charge is 0.224 e. The highest BCUT2D eigenvalue weighted by Gasteiger charge is 2.46. The lowest BCUT2D eigenvalue weighted by molar-refractivity contribution is -0.131.